The number of likely N-dealkylation sites (tertiary alicyclic amines) is 1. The van der Waals surface area contributed by atoms with E-state index in [2.05, 4.69) is 37.7 Å². The van der Waals surface area contributed by atoms with E-state index in [0.717, 1.165) is 19.5 Å². The van der Waals surface area contributed by atoms with Gasteiger partial charge in [0.25, 0.3) is 0 Å². The summed E-state index contributed by atoms with van der Waals surface area (Å²) >= 11 is 0. The van der Waals surface area contributed by atoms with Gasteiger partial charge in [-0.15, -0.1) is 0 Å². The van der Waals surface area contributed by atoms with Crippen molar-refractivity contribution in [3.63, 3.8) is 0 Å². The van der Waals surface area contributed by atoms with Gasteiger partial charge in [0, 0.05) is 19.1 Å². The normalized spacial score (nSPS) is 26.2. The first-order valence-corrected chi connectivity index (χ1v) is 6.61. The van der Waals surface area contributed by atoms with Crippen molar-refractivity contribution in [3.05, 3.63) is 0 Å². The Bertz CT molecular complexity index is 198. The molecule has 1 aliphatic heterocycles. The Morgan fingerprint density at radius 1 is 1.50 bits per heavy atom. The van der Waals surface area contributed by atoms with E-state index in [1.807, 2.05) is 0 Å². The quantitative estimate of drug-likeness (QED) is 0.745. The van der Waals surface area contributed by atoms with Crippen LogP contribution in [0.2, 0.25) is 0 Å². The van der Waals surface area contributed by atoms with Gasteiger partial charge in [0.2, 0.25) is 0 Å². The standard InChI is InChI=1S/C13H28N2O/c1-5-11(2)13(16)10-14(3)9-12-7-6-8-15(12)4/h11-13,16H,5-10H2,1-4H3. The van der Waals surface area contributed by atoms with Crippen LogP contribution in [0.1, 0.15) is 33.1 Å². The number of nitrogens with zero attached hydrogens (tertiary/aromatic N) is 2. The average Bonchev–Trinajstić information content (AvgIpc) is 2.63. The molecule has 1 N–H and O–H groups in total. The Morgan fingerprint density at radius 2 is 2.19 bits per heavy atom. The molecule has 0 aliphatic carbocycles. The van der Waals surface area contributed by atoms with Crippen LogP contribution in [0.4, 0.5) is 0 Å². The molecule has 0 amide bonds. The molecule has 1 fully saturated rings. The minimum absolute atomic E-state index is 0.179. The minimum Gasteiger partial charge on any atom is -0.392 e. The lowest BCUT2D eigenvalue weighted by molar-refractivity contribution is 0.0701. The van der Waals surface area contributed by atoms with Crippen LogP contribution >= 0.6 is 0 Å². The molecule has 0 saturated carbocycles. The van der Waals surface area contributed by atoms with E-state index in [4.69, 9.17) is 0 Å². The lowest BCUT2D eigenvalue weighted by Gasteiger charge is -2.28. The number of aliphatic hydroxyl groups excluding tert-OH is 1. The highest BCUT2D eigenvalue weighted by molar-refractivity contribution is 4.79. The molecule has 0 bridgehead atoms. The first kappa shape index (κ1) is 13.9. The van der Waals surface area contributed by atoms with Crippen LogP contribution in [-0.4, -0.2) is 60.8 Å². The maximum absolute atomic E-state index is 9.97. The topological polar surface area (TPSA) is 26.7 Å². The molecule has 3 heteroatoms. The van der Waals surface area contributed by atoms with E-state index in [1.165, 1.54) is 19.4 Å². The molecule has 1 saturated heterocycles. The summed E-state index contributed by atoms with van der Waals surface area (Å²) in [6.45, 7) is 7.38. The van der Waals surface area contributed by atoms with Crippen molar-refractivity contribution in [2.24, 2.45) is 5.92 Å². The highest BCUT2D eigenvalue weighted by Gasteiger charge is 2.23. The molecule has 1 rings (SSSR count). The van der Waals surface area contributed by atoms with Crippen molar-refractivity contribution < 1.29 is 5.11 Å². The molecular formula is C13H28N2O. The Hall–Kier alpha value is -0.120. The van der Waals surface area contributed by atoms with Crippen molar-refractivity contribution in [3.8, 4) is 0 Å². The van der Waals surface area contributed by atoms with Gasteiger partial charge in [-0.3, -0.25) is 0 Å². The van der Waals surface area contributed by atoms with Gasteiger partial charge in [-0.05, 0) is 39.4 Å². The number of aliphatic hydroxyl groups is 1. The molecule has 0 aromatic heterocycles. The van der Waals surface area contributed by atoms with Gasteiger partial charge in [-0.1, -0.05) is 20.3 Å². The largest absolute Gasteiger partial charge is 0.392 e. The van der Waals surface area contributed by atoms with Crippen LogP contribution in [0.15, 0.2) is 0 Å². The zero-order valence-corrected chi connectivity index (χ0v) is 11.3. The number of rotatable bonds is 6. The summed E-state index contributed by atoms with van der Waals surface area (Å²) < 4.78 is 0. The van der Waals surface area contributed by atoms with E-state index in [-0.39, 0.29) is 6.10 Å². The molecule has 16 heavy (non-hydrogen) atoms. The molecule has 3 nitrogen and oxygen atoms in total. The monoisotopic (exact) mass is 228 g/mol. The predicted octanol–water partition coefficient (Wildman–Crippen LogP) is 1.42. The molecule has 1 aliphatic rings. The first-order valence-electron chi connectivity index (χ1n) is 6.61. The van der Waals surface area contributed by atoms with E-state index >= 15 is 0 Å². The molecular weight excluding hydrogens is 200 g/mol. The molecule has 96 valence electrons. The van der Waals surface area contributed by atoms with Gasteiger partial charge >= 0.3 is 0 Å². The smallest absolute Gasteiger partial charge is 0.0692 e. The summed E-state index contributed by atoms with van der Waals surface area (Å²) in [7, 11) is 4.33. The van der Waals surface area contributed by atoms with Crippen molar-refractivity contribution >= 4 is 0 Å². The summed E-state index contributed by atoms with van der Waals surface area (Å²) in [6.07, 6.45) is 3.50. The Kier molecular flexibility index (Phi) is 5.73. The second-order valence-electron chi connectivity index (χ2n) is 5.45. The highest BCUT2D eigenvalue weighted by Crippen LogP contribution is 2.16. The van der Waals surface area contributed by atoms with Gasteiger partial charge in [-0.25, -0.2) is 0 Å². The third-order valence-electron chi connectivity index (χ3n) is 3.99. The third kappa shape index (κ3) is 4.04. The first-order chi connectivity index (χ1) is 7.54. The van der Waals surface area contributed by atoms with Gasteiger partial charge in [0.05, 0.1) is 6.10 Å². The van der Waals surface area contributed by atoms with Crippen LogP contribution in [0.3, 0.4) is 0 Å². The number of hydrogen-bond acceptors (Lipinski definition) is 3. The van der Waals surface area contributed by atoms with Crippen molar-refractivity contribution in [1.29, 1.82) is 0 Å². The van der Waals surface area contributed by atoms with Gasteiger partial charge in [0.15, 0.2) is 0 Å². The molecule has 3 atom stereocenters. The van der Waals surface area contributed by atoms with Gasteiger partial charge < -0.3 is 14.9 Å². The minimum atomic E-state index is -0.179. The molecule has 0 radical (unpaired) electrons. The van der Waals surface area contributed by atoms with E-state index in [0.29, 0.717) is 12.0 Å². The molecule has 0 aromatic rings. The Balaban J connectivity index is 2.26. The zero-order chi connectivity index (χ0) is 12.1. The molecule has 1 heterocycles. The molecule has 0 aromatic carbocycles. The summed E-state index contributed by atoms with van der Waals surface area (Å²) in [5.74, 6) is 0.406. The van der Waals surface area contributed by atoms with Crippen molar-refractivity contribution in [2.75, 3.05) is 33.7 Å². The van der Waals surface area contributed by atoms with Crippen LogP contribution < -0.4 is 0 Å². The molecule has 0 spiro atoms. The van der Waals surface area contributed by atoms with Gasteiger partial charge in [0.1, 0.15) is 0 Å². The Labute approximate surface area is 100 Å². The van der Waals surface area contributed by atoms with E-state index in [9.17, 15) is 5.11 Å². The summed E-state index contributed by atoms with van der Waals surface area (Å²) in [5.41, 5.74) is 0. The summed E-state index contributed by atoms with van der Waals surface area (Å²) in [6, 6.07) is 0.689. The lowest BCUT2D eigenvalue weighted by Crippen LogP contribution is -2.41. The summed E-state index contributed by atoms with van der Waals surface area (Å²) in [5, 5.41) is 9.97. The second-order valence-corrected chi connectivity index (χ2v) is 5.45. The average molecular weight is 228 g/mol. The zero-order valence-electron chi connectivity index (χ0n) is 11.3. The lowest BCUT2D eigenvalue weighted by atomic mass is 10.0. The highest BCUT2D eigenvalue weighted by atomic mass is 16.3. The number of hydrogen-bond donors (Lipinski definition) is 1. The fraction of sp³-hybridized carbons (Fsp3) is 1.00. The second kappa shape index (κ2) is 6.58. The van der Waals surface area contributed by atoms with Crippen LogP contribution in [0, 0.1) is 5.92 Å². The Morgan fingerprint density at radius 3 is 2.69 bits per heavy atom. The van der Waals surface area contributed by atoms with E-state index < -0.39 is 0 Å². The van der Waals surface area contributed by atoms with Crippen molar-refractivity contribution in [1.82, 2.24) is 9.80 Å². The summed E-state index contributed by atoms with van der Waals surface area (Å²) in [4.78, 5) is 4.72. The van der Waals surface area contributed by atoms with Gasteiger partial charge in [-0.2, -0.15) is 0 Å². The number of likely N-dealkylation sites (N-methyl/N-ethyl adjacent to an activating group) is 2. The van der Waals surface area contributed by atoms with Crippen LogP contribution in [-0.2, 0) is 0 Å². The fourth-order valence-corrected chi connectivity index (χ4v) is 2.42. The maximum atomic E-state index is 9.97. The van der Waals surface area contributed by atoms with E-state index in [1.54, 1.807) is 0 Å². The van der Waals surface area contributed by atoms with Crippen molar-refractivity contribution in [2.45, 2.75) is 45.3 Å². The van der Waals surface area contributed by atoms with Crippen LogP contribution in [0.5, 0.6) is 0 Å². The SMILES string of the molecule is CCC(C)C(O)CN(C)CC1CCCN1C. The van der Waals surface area contributed by atoms with Crippen LogP contribution in [0.25, 0.3) is 0 Å². The predicted molar refractivity (Wildman–Crippen MR) is 68.6 cm³/mol. The maximum Gasteiger partial charge on any atom is 0.0692 e. The third-order valence-corrected chi connectivity index (χ3v) is 3.99. The molecule has 3 unspecified atom stereocenters. The fourth-order valence-electron chi connectivity index (χ4n) is 2.42.